The third-order valence-electron chi connectivity index (χ3n) is 6.74. The predicted molar refractivity (Wildman–Crippen MR) is 103 cm³/mol. The number of halogens is 1. The van der Waals surface area contributed by atoms with Gasteiger partial charge in [0.15, 0.2) is 11.6 Å². The first-order chi connectivity index (χ1) is 13.4. The Morgan fingerprint density at radius 3 is 2.57 bits per heavy atom. The fourth-order valence-corrected chi connectivity index (χ4v) is 5.20. The second kappa shape index (κ2) is 6.07. The summed E-state index contributed by atoms with van der Waals surface area (Å²) in [4.78, 5) is 29.3. The second-order valence-electron chi connectivity index (χ2n) is 8.38. The van der Waals surface area contributed by atoms with Gasteiger partial charge in [-0.25, -0.2) is 9.18 Å². The number of hydrogen-bond donors (Lipinski definition) is 2. The minimum Gasteiger partial charge on any atom is -0.492 e. The Bertz CT molecular complexity index is 1090. The van der Waals surface area contributed by atoms with Gasteiger partial charge in [0.1, 0.15) is 11.2 Å². The Hall–Kier alpha value is -2.35. The minimum atomic E-state index is -0.591. The third kappa shape index (κ3) is 2.36. The van der Waals surface area contributed by atoms with Crippen molar-refractivity contribution in [3.8, 4) is 5.75 Å². The first-order valence-electron chi connectivity index (χ1n) is 9.90. The molecule has 0 bridgehead atoms. The number of benzene rings is 1. The predicted octanol–water partition coefficient (Wildman–Crippen LogP) is 1.69. The van der Waals surface area contributed by atoms with Crippen LogP contribution in [0.5, 0.6) is 5.75 Å². The normalized spacial score (nSPS) is 26.9. The monoisotopic (exact) mass is 389 g/mol. The van der Waals surface area contributed by atoms with Crippen molar-refractivity contribution >= 4 is 16.6 Å². The average Bonchev–Trinajstić information content (AvgIpc) is 3.30. The highest BCUT2D eigenvalue weighted by Gasteiger charge is 2.44. The lowest BCUT2D eigenvalue weighted by Gasteiger charge is -2.26. The highest BCUT2D eigenvalue weighted by Crippen LogP contribution is 2.47. The first kappa shape index (κ1) is 17.7. The van der Waals surface area contributed by atoms with Gasteiger partial charge < -0.3 is 14.7 Å². The van der Waals surface area contributed by atoms with Crippen LogP contribution < -0.4 is 20.9 Å². The van der Waals surface area contributed by atoms with Crippen molar-refractivity contribution in [2.75, 3.05) is 25.1 Å². The molecule has 2 saturated carbocycles. The highest BCUT2D eigenvalue weighted by atomic mass is 19.1. The summed E-state index contributed by atoms with van der Waals surface area (Å²) in [6.45, 7) is 2.75. The van der Waals surface area contributed by atoms with E-state index in [2.05, 4.69) is 4.98 Å². The molecule has 3 fully saturated rings. The van der Waals surface area contributed by atoms with Crippen molar-refractivity contribution in [2.24, 2.45) is 11.8 Å². The maximum atomic E-state index is 15.5. The SMILES string of the molecule is COc1c(N2CC3CCC(O)C3C2)c(F)c(C)c2c(=O)[nH]c(=O)n(C3CC3)c12. The third-order valence-corrected chi connectivity index (χ3v) is 6.74. The van der Waals surface area contributed by atoms with E-state index in [0.29, 0.717) is 30.2 Å². The molecule has 2 heterocycles. The van der Waals surface area contributed by atoms with Gasteiger partial charge in [-0.05, 0) is 38.5 Å². The molecule has 28 heavy (non-hydrogen) atoms. The molecule has 3 aliphatic rings. The van der Waals surface area contributed by atoms with Crippen LogP contribution in [-0.2, 0) is 0 Å². The Morgan fingerprint density at radius 2 is 1.93 bits per heavy atom. The summed E-state index contributed by atoms with van der Waals surface area (Å²) in [7, 11) is 1.45. The number of aliphatic hydroxyl groups excluding tert-OH is 1. The number of fused-ring (bicyclic) bond motifs is 2. The lowest BCUT2D eigenvalue weighted by molar-refractivity contribution is 0.133. The molecule has 0 radical (unpaired) electrons. The Labute approximate surface area is 160 Å². The largest absolute Gasteiger partial charge is 0.492 e. The average molecular weight is 389 g/mol. The van der Waals surface area contributed by atoms with E-state index in [1.165, 1.54) is 7.11 Å². The number of nitrogens with zero attached hydrogens (tertiary/aromatic N) is 2. The number of aromatic amines is 1. The van der Waals surface area contributed by atoms with Crippen molar-refractivity contribution in [1.82, 2.24) is 9.55 Å². The number of aliphatic hydroxyl groups is 1. The van der Waals surface area contributed by atoms with Crippen molar-refractivity contribution in [3.05, 3.63) is 32.2 Å². The number of H-pyrrole nitrogens is 1. The molecule has 1 aromatic carbocycles. The zero-order chi connectivity index (χ0) is 19.7. The number of aromatic nitrogens is 2. The number of rotatable bonds is 3. The fourth-order valence-electron chi connectivity index (χ4n) is 5.20. The maximum absolute atomic E-state index is 15.5. The molecule has 3 unspecified atom stereocenters. The maximum Gasteiger partial charge on any atom is 0.329 e. The van der Waals surface area contributed by atoms with Crippen LogP contribution in [0.1, 0.15) is 37.3 Å². The van der Waals surface area contributed by atoms with E-state index in [-0.39, 0.29) is 34.8 Å². The summed E-state index contributed by atoms with van der Waals surface area (Å²) >= 11 is 0. The van der Waals surface area contributed by atoms with Crippen LogP contribution in [0.3, 0.4) is 0 Å². The molecule has 0 amide bonds. The zero-order valence-corrected chi connectivity index (χ0v) is 16.0. The van der Waals surface area contributed by atoms with Crippen molar-refractivity contribution in [2.45, 2.75) is 44.8 Å². The molecule has 0 spiro atoms. The first-order valence-corrected chi connectivity index (χ1v) is 9.90. The topological polar surface area (TPSA) is 87.6 Å². The number of hydrogen-bond acceptors (Lipinski definition) is 5. The van der Waals surface area contributed by atoms with Crippen LogP contribution in [0.4, 0.5) is 10.1 Å². The van der Waals surface area contributed by atoms with Gasteiger partial charge in [-0.15, -0.1) is 0 Å². The zero-order valence-electron chi connectivity index (χ0n) is 16.0. The van der Waals surface area contributed by atoms with Gasteiger partial charge in [0.25, 0.3) is 5.56 Å². The van der Waals surface area contributed by atoms with E-state index in [9.17, 15) is 14.7 Å². The summed E-state index contributed by atoms with van der Waals surface area (Å²) in [6, 6.07) is -0.00163. The molecular formula is C20H24FN3O4. The standard InChI is InChI=1S/C20H24FN3O4/c1-9-14-16(24(11-4-5-11)20(27)22-19(14)26)18(28-2)17(15(9)21)23-7-10-3-6-13(25)12(10)8-23/h10-13,25H,3-8H2,1-2H3,(H,22,26,27). The summed E-state index contributed by atoms with van der Waals surface area (Å²) in [5.74, 6) is 0.179. The van der Waals surface area contributed by atoms with E-state index in [0.717, 1.165) is 25.7 Å². The molecule has 2 N–H and O–H groups in total. The fraction of sp³-hybridized carbons (Fsp3) is 0.600. The van der Waals surface area contributed by atoms with Crippen LogP contribution >= 0.6 is 0 Å². The van der Waals surface area contributed by atoms with Crippen LogP contribution in [0.25, 0.3) is 10.9 Å². The molecule has 7 nitrogen and oxygen atoms in total. The molecule has 1 saturated heterocycles. The van der Waals surface area contributed by atoms with Crippen LogP contribution in [-0.4, -0.2) is 41.0 Å². The van der Waals surface area contributed by atoms with Gasteiger partial charge in [0.05, 0.1) is 18.6 Å². The number of nitrogens with one attached hydrogen (secondary N) is 1. The van der Waals surface area contributed by atoms with E-state index >= 15 is 4.39 Å². The van der Waals surface area contributed by atoms with Gasteiger partial charge in [-0.3, -0.25) is 14.3 Å². The van der Waals surface area contributed by atoms with Gasteiger partial charge in [-0.2, -0.15) is 0 Å². The molecule has 2 aliphatic carbocycles. The Morgan fingerprint density at radius 1 is 1.18 bits per heavy atom. The molecule has 1 aromatic heterocycles. The molecule has 2 aromatic rings. The van der Waals surface area contributed by atoms with Crippen molar-refractivity contribution in [1.29, 1.82) is 0 Å². The molecular weight excluding hydrogens is 365 g/mol. The molecule has 150 valence electrons. The summed E-state index contributed by atoms with van der Waals surface area (Å²) in [6.07, 6.45) is 3.03. The van der Waals surface area contributed by atoms with Gasteiger partial charge in [-0.1, -0.05) is 0 Å². The van der Waals surface area contributed by atoms with Crippen LogP contribution in [0, 0.1) is 24.6 Å². The highest BCUT2D eigenvalue weighted by molar-refractivity contribution is 5.93. The quantitative estimate of drug-likeness (QED) is 0.834. The lowest BCUT2D eigenvalue weighted by atomic mass is 10.00. The van der Waals surface area contributed by atoms with E-state index in [1.54, 1.807) is 11.5 Å². The summed E-state index contributed by atoms with van der Waals surface area (Å²) in [5, 5.41) is 10.4. The van der Waals surface area contributed by atoms with E-state index in [4.69, 9.17) is 4.74 Å². The van der Waals surface area contributed by atoms with Crippen molar-refractivity contribution < 1.29 is 14.2 Å². The molecule has 1 aliphatic heterocycles. The second-order valence-corrected chi connectivity index (χ2v) is 8.38. The summed E-state index contributed by atoms with van der Waals surface area (Å²) in [5.41, 5.74) is -0.173. The van der Waals surface area contributed by atoms with Gasteiger partial charge in [0, 0.05) is 30.6 Å². The number of aryl methyl sites for hydroxylation is 1. The summed E-state index contributed by atoms with van der Waals surface area (Å²) < 4.78 is 22.7. The van der Waals surface area contributed by atoms with Crippen LogP contribution in [0.15, 0.2) is 9.59 Å². The van der Waals surface area contributed by atoms with Crippen molar-refractivity contribution in [3.63, 3.8) is 0 Å². The Balaban J connectivity index is 1.79. The number of methoxy groups -OCH3 is 1. The lowest BCUT2D eigenvalue weighted by Crippen LogP contribution is -2.32. The smallest absolute Gasteiger partial charge is 0.329 e. The number of ether oxygens (including phenoxy) is 1. The Kier molecular flexibility index (Phi) is 3.84. The van der Waals surface area contributed by atoms with Crippen LogP contribution in [0.2, 0.25) is 0 Å². The van der Waals surface area contributed by atoms with Gasteiger partial charge in [0.2, 0.25) is 0 Å². The minimum absolute atomic E-state index is 0.00163. The molecule has 3 atom stereocenters. The number of anilines is 1. The molecule has 5 rings (SSSR count). The molecule has 8 heteroatoms. The van der Waals surface area contributed by atoms with E-state index in [1.807, 2.05) is 4.90 Å². The van der Waals surface area contributed by atoms with Gasteiger partial charge >= 0.3 is 5.69 Å². The van der Waals surface area contributed by atoms with E-state index < -0.39 is 17.1 Å².